The molecule has 96 valence electrons. The highest BCUT2D eigenvalue weighted by Gasteiger charge is 2.37. The second kappa shape index (κ2) is 6.27. The number of carbonyl (C=O) groups is 2. The molecule has 1 fully saturated rings. The summed E-state index contributed by atoms with van der Waals surface area (Å²) < 4.78 is 0. The van der Waals surface area contributed by atoms with Crippen LogP contribution in [0, 0.1) is 5.92 Å². The van der Waals surface area contributed by atoms with Gasteiger partial charge in [-0.05, 0) is 25.2 Å². The Bertz CT molecular complexity index is 300. The maximum Gasteiger partial charge on any atom is 0.326 e. The zero-order chi connectivity index (χ0) is 12.8. The zero-order valence-electron chi connectivity index (χ0n) is 10.2. The van der Waals surface area contributed by atoms with Crippen molar-refractivity contribution in [1.82, 2.24) is 10.2 Å². The molecule has 1 rings (SSSR count). The van der Waals surface area contributed by atoms with Crippen LogP contribution < -0.4 is 5.32 Å². The van der Waals surface area contributed by atoms with E-state index in [1.165, 1.54) is 0 Å². The molecule has 1 unspecified atom stereocenters. The van der Waals surface area contributed by atoms with Gasteiger partial charge in [0.1, 0.15) is 6.04 Å². The van der Waals surface area contributed by atoms with Crippen molar-refractivity contribution < 1.29 is 14.7 Å². The minimum absolute atomic E-state index is 0.101. The van der Waals surface area contributed by atoms with E-state index in [2.05, 4.69) is 11.9 Å². The molecule has 0 bridgehead atoms. The third kappa shape index (κ3) is 4.09. The molecule has 1 atom stereocenters. The molecule has 0 aromatic carbocycles. The molecule has 2 amide bonds. The molecule has 1 saturated carbocycles. The first-order valence-electron chi connectivity index (χ1n) is 5.99. The average molecular weight is 240 g/mol. The van der Waals surface area contributed by atoms with Gasteiger partial charge in [0.05, 0.1) is 0 Å². The number of carbonyl (C=O) groups excluding carboxylic acids is 1. The number of urea groups is 1. The largest absolute Gasteiger partial charge is 0.480 e. The van der Waals surface area contributed by atoms with Gasteiger partial charge >= 0.3 is 12.0 Å². The summed E-state index contributed by atoms with van der Waals surface area (Å²) in [6.07, 6.45) is 4.24. The summed E-state index contributed by atoms with van der Waals surface area (Å²) in [6.45, 7) is 6.61. The van der Waals surface area contributed by atoms with E-state index >= 15 is 0 Å². The van der Waals surface area contributed by atoms with Gasteiger partial charge in [0.15, 0.2) is 0 Å². The molecule has 1 aliphatic rings. The van der Waals surface area contributed by atoms with E-state index < -0.39 is 12.0 Å². The number of nitrogens with one attached hydrogen (secondary N) is 1. The lowest BCUT2D eigenvalue weighted by atomic mass is 10.2. The SMILES string of the molecule is C=CCN(CCC)C(=O)NC(C(=O)O)C1CC1. The van der Waals surface area contributed by atoms with Crippen LogP contribution in [0.15, 0.2) is 12.7 Å². The topological polar surface area (TPSA) is 69.6 Å². The highest BCUT2D eigenvalue weighted by molar-refractivity contribution is 5.83. The highest BCUT2D eigenvalue weighted by Crippen LogP contribution is 2.32. The molecule has 5 nitrogen and oxygen atoms in total. The van der Waals surface area contributed by atoms with E-state index in [0.717, 1.165) is 19.3 Å². The van der Waals surface area contributed by atoms with Crippen molar-refractivity contribution >= 4 is 12.0 Å². The van der Waals surface area contributed by atoms with Gasteiger partial charge in [-0.3, -0.25) is 0 Å². The van der Waals surface area contributed by atoms with Gasteiger partial charge in [-0.2, -0.15) is 0 Å². The quantitative estimate of drug-likeness (QED) is 0.662. The van der Waals surface area contributed by atoms with Gasteiger partial charge in [0, 0.05) is 13.1 Å². The molecule has 5 heteroatoms. The summed E-state index contributed by atoms with van der Waals surface area (Å²) in [5, 5.41) is 11.6. The Hall–Kier alpha value is -1.52. The maximum atomic E-state index is 11.9. The molecular formula is C12H20N2O3. The lowest BCUT2D eigenvalue weighted by Gasteiger charge is -2.23. The van der Waals surface area contributed by atoms with Crippen molar-refractivity contribution in [1.29, 1.82) is 0 Å². The number of aliphatic carboxylic acids is 1. The normalized spacial score (nSPS) is 16.1. The van der Waals surface area contributed by atoms with E-state index in [0.29, 0.717) is 13.1 Å². The van der Waals surface area contributed by atoms with Crippen LogP contribution in [0.3, 0.4) is 0 Å². The summed E-state index contributed by atoms with van der Waals surface area (Å²) >= 11 is 0. The van der Waals surface area contributed by atoms with E-state index in [4.69, 9.17) is 5.11 Å². The Kier molecular flexibility index (Phi) is 5.00. The van der Waals surface area contributed by atoms with Crippen molar-refractivity contribution in [3.05, 3.63) is 12.7 Å². The summed E-state index contributed by atoms with van der Waals surface area (Å²) in [5.74, 6) is -0.848. The third-order valence-electron chi connectivity index (χ3n) is 2.77. The lowest BCUT2D eigenvalue weighted by Crippen LogP contribution is -2.49. The zero-order valence-corrected chi connectivity index (χ0v) is 10.2. The standard InChI is InChI=1S/C12H20N2O3/c1-3-7-14(8-4-2)12(17)13-10(11(15)16)9-5-6-9/h3,9-10H,1,4-8H2,2H3,(H,13,17)(H,15,16). The summed E-state index contributed by atoms with van der Waals surface area (Å²) in [6, 6.07) is -1.06. The molecule has 0 heterocycles. The van der Waals surface area contributed by atoms with Gasteiger partial charge in [-0.25, -0.2) is 9.59 Å². The van der Waals surface area contributed by atoms with Crippen LogP contribution in [0.1, 0.15) is 26.2 Å². The Morgan fingerprint density at radius 3 is 2.65 bits per heavy atom. The predicted molar refractivity (Wildman–Crippen MR) is 64.7 cm³/mol. The minimum atomic E-state index is -0.948. The molecule has 2 N–H and O–H groups in total. The Labute approximate surface area is 101 Å². The van der Waals surface area contributed by atoms with Crippen molar-refractivity contribution in [2.75, 3.05) is 13.1 Å². The van der Waals surface area contributed by atoms with Crippen LogP contribution in [-0.2, 0) is 4.79 Å². The number of rotatable bonds is 7. The van der Waals surface area contributed by atoms with Crippen molar-refractivity contribution in [2.24, 2.45) is 5.92 Å². The molecule has 0 aromatic rings. The first-order valence-corrected chi connectivity index (χ1v) is 5.99. The molecular weight excluding hydrogens is 220 g/mol. The lowest BCUT2D eigenvalue weighted by molar-refractivity contribution is -0.139. The Morgan fingerprint density at radius 2 is 2.24 bits per heavy atom. The van der Waals surface area contributed by atoms with E-state index in [-0.39, 0.29) is 11.9 Å². The van der Waals surface area contributed by atoms with Gasteiger partial charge in [-0.15, -0.1) is 6.58 Å². The highest BCUT2D eigenvalue weighted by atomic mass is 16.4. The van der Waals surface area contributed by atoms with Crippen molar-refractivity contribution in [3.8, 4) is 0 Å². The van der Waals surface area contributed by atoms with Gasteiger partial charge in [0.25, 0.3) is 0 Å². The molecule has 17 heavy (non-hydrogen) atoms. The first-order chi connectivity index (χ1) is 8.10. The monoisotopic (exact) mass is 240 g/mol. The Morgan fingerprint density at radius 1 is 1.59 bits per heavy atom. The predicted octanol–water partition coefficient (Wildman–Crippen LogP) is 1.46. The number of carboxylic acid groups (broad SMARTS) is 1. The van der Waals surface area contributed by atoms with Crippen LogP contribution in [0.5, 0.6) is 0 Å². The molecule has 0 saturated heterocycles. The molecule has 0 aliphatic heterocycles. The van der Waals surface area contributed by atoms with Crippen LogP contribution in [-0.4, -0.2) is 41.1 Å². The number of amides is 2. The van der Waals surface area contributed by atoms with Crippen molar-refractivity contribution in [3.63, 3.8) is 0 Å². The first kappa shape index (κ1) is 13.5. The van der Waals surface area contributed by atoms with Crippen LogP contribution >= 0.6 is 0 Å². The van der Waals surface area contributed by atoms with Gasteiger partial charge < -0.3 is 15.3 Å². The number of nitrogens with zero attached hydrogens (tertiary/aromatic N) is 1. The van der Waals surface area contributed by atoms with E-state index in [1.807, 2.05) is 6.92 Å². The minimum Gasteiger partial charge on any atom is -0.480 e. The fourth-order valence-electron chi connectivity index (χ4n) is 1.74. The van der Waals surface area contributed by atoms with E-state index in [9.17, 15) is 9.59 Å². The summed E-state index contributed by atoms with van der Waals surface area (Å²) in [5.41, 5.74) is 0. The fourth-order valence-corrected chi connectivity index (χ4v) is 1.74. The molecule has 1 aliphatic carbocycles. The molecule has 0 radical (unpaired) electrons. The summed E-state index contributed by atoms with van der Waals surface area (Å²) in [4.78, 5) is 24.4. The van der Waals surface area contributed by atoms with Crippen LogP contribution in [0.2, 0.25) is 0 Å². The number of hydrogen-bond acceptors (Lipinski definition) is 2. The van der Waals surface area contributed by atoms with Crippen LogP contribution in [0.4, 0.5) is 4.79 Å². The number of hydrogen-bond donors (Lipinski definition) is 2. The Balaban J connectivity index is 2.53. The fraction of sp³-hybridized carbons (Fsp3) is 0.667. The molecule has 0 spiro atoms. The second-order valence-electron chi connectivity index (χ2n) is 4.34. The average Bonchev–Trinajstić information content (AvgIpc) is 3.08. The second-order valence-corrected chi connectivity index (χ2v) is 4.34. The van der Waals surface area contributed by atoms with Gasteiger partial charge in [0.2, 0.25) is 0 Å². The summed E-state index contributed by atoms with van der Waals surface area (Å²) in [7, 11) is 0. The maximum absolute atomic E-state index is 11.9. The van der Waals surface area contributed by atoms with Gasteiger partial charge in [-0.1, -0.05) is 13.0 Å². The third-order valence-corrected chi connectivity index (χ3v) is 2.77. The van der Waals surface area contributed by atoms with Crippen molar-refractivity contribution in [2.45, 2.75) is 32.2 Å². The van der Waals surface area contributed by atoms with E-state index in [1.54, 1.807) is 11.0 Å². The smallest absolute Gasteiger partial charge is 0.326 e. The number of carboxylic acids is 1. The van der Waals surface area contributed by atoms with Crippen LogP contribution in [0.25, 0.3) is 0 Å². The molecule has 0 aromatic heterocycles.